The molecule has 0 saturated carbocycles. The molecule has 1 atom stereocenters. The van der Waals surface area contributed by atoms with Gasteiger partial charge in [-0.2, -0.15) is 0 Å². The lowest BCUT2D eigenvalue weighted by Crippen LogP contribution is -2.56. The number of pyridine rings is 1. The first-order valence-corrected chi connectivity index (χ1v) is 8.60. The van der Waals surface area contributed by atoms with E-state index in [2.05, 4.69) is 10.3 Å². The van der Waals surface area contributed by atoms with Crippen LogP contribution >= 0.6 is 0 Å². The Labute approximate surface area is 152 Å². The van der Waals surface area contributed by atoms with Crippen LogP contribution < -0.4 is 15.0 Å². The van der Waals surface area contributed by atoms with Gasteiger partial charge >= 0.3 is 6.03 Å². The number of rotatable bonds is 4. The van der Waals surface area contributed by atoms with Crippen LogP contribution in [0.15, 0.2) is 42.7 Å². The highest BCUT2D eigenvalue weighted by molar-refractivity contribution is 5.74. The Balaban J connectivity index is 1.56. The fourth-order valence-corrected chi connectivity index (χ4v) is 3.17. The molecule has 6 nitrogen and oxygen atoms in total. The molecule has 26 heavy (non-hydrogen) atoms. The fourth-order valence-electron chi connectivity index (χ4n) is 3.17. The molecule has 1 unspecified atom stereocenters. The van der Waals surface area contributed by atoms with Crippen molar-refractivity contribution in [2.45, 2.75) is 19.5 Å². The summed E-state index contributed by atoms with van der Waals surface area (Å²) in [7, 11) is 1.62. The lowest BCUT2D eigenvalue weighted by atomic mass is 10.1. The quantitative estimate of drug-likeness (QED) is 0.913. The Morgan fingerprint density at radius 1 is 1.38 bits per heavy atom. The van der Waals surface area contributed by atoms with E-state index in [4.69, 9.17) is 4.74 Å². The highest BCUT2D eigenvalue weighted by Crippen LogP contribution is 2.23. The summed E-state index contributed by atoms with van der Waals surface area (Å²) in [4.78, 5) is 20.0. The Hall–Kier alpha value is -2.83. The largest absolute Gasteiger partial charge is 0.497 e. The van der Waals surface area contributed by atoms with Crippen molar-refractivity contribution < 1.29 is 13.9 Å². The van der Waals surface area contributed by atoms with Crippen LogP contribution in [-0.2, 0) is 6.54 Å². The van der Waals surface area contributed by atoms with Crippen LogP contribution in [0.3, 0.4) is 0 Å². The molecule has 2 heterocycles. The number of carbonyl (C=O) groups excluding carboxylic acids is 1. The zero-order chi connectivity index (χ0) is 18.5. The molecule has 1 aromatic heterocycles. The second kappa shape index (κ2) is 8.03. The van der Waals surface area contributed by atoms with Crippen LogP contribution in [0, 0.1) is 5.82 Å². The summed E-state index contributed by atoms with van der Waals surface area (Å²) in [6, 6.07) is 9.17. The highest BCUT2D eigenvalue weighted by Gasteiger charge is 2.28. The van der Waals surface area contributed by atoms with Crippen LogP contribution in [-0.4, -0.2) is 48.7 Å². The van der Waals surface area contributed by atoms with Crippen molar-refractivity contribution in [1.29, 1.82) is 0 Å². The molecule has 1 aliphatic heterocycles. The molecule has 1 aromatic carbocycles. The van der Waals surface area contributed by atoms with Gasteiger partial charge in [0, 0.05) is 38.4 Å². The van der Waals surface area contributed by atoms with Crippen LogP contribution in [0.2, 0.25) is 0 Å². The first kappa shape index (κ1) is 18.0. The molecule has 0 spiro atoms. The second-order valence-corrected chi connectivity index (χ2v) is 6.33. The van der Waals surface area contributed by atoms with E-state index in [9.17, 15) is 9.18 Å². The van der Waals surface area contributed by atoms with Crippen LogP contribution in [0.25, 0.3) is 0 Å². The van der Waals surface area contributed by atoms with E-state index < -0.39 is 0 Å². The molecule has 3 rings (SSSR count). The molecular weight excluding hydrogens is 335 g/mol. The molecule has 1 N–H and O–H groups in total. The lowest BCUT2D eigenvalue weighted by molar-refractivity contribution is 0.186. The molecule has 7 heteroatoms. The van der Waals surface area contributed by atoms with Gasteiger partial charge in [0.1, 0.15) is 5.75 Å². The van der Waals surface area contributed by atoms with Crippen molar-refractivity contribution in [3.05, 3.63) is 54.1 Å². The lowest BCUT2D eigenvalue weighted by Gasteiger charge is -2.41. The number of urea groups is 1. The number of anilines is 1. The van der Waals surface area contributed by atoms with Gasteiger partial charge in [-0.1, -0.05) is 12.1 Å². The van der Waals surface area contributed by atoms with E-state index in [0.29, 0.717) is 31.9 Å². The number of nitrogens with one attached hydrogen (secondary N) is 1. The van der Waals surface area contributed by atoms with Crippen LogP contribution in [0.5, 0.6) is 5.75 Å². The number of aromatic nitrogens is 1. The van der Waals surface area contributed by atoms with Gasteiger partial charge in [-0.25, -0.2) is 9.18 Å². The number of nitrogens with zero attached hydrogens (tertiary/aromatic N) is 3. The second-order valence-electron chi connectivity index (χ2n) is 6.33. The highest BCUT2D eigenvalue weighted by atomic mass is 19.1. The monoisotopic (exact) mass is 358 g/mol. The molecule has 138 valence electrons. The van der Waals surface area contributed by atoms with E-state index in [0.717, 1.165) is 11.3 Å². The average Bonchev–Trinajstić information content (AvgIpc) is 2.67. The summed E-state index contributed by atoms with van der Waals surface area (Å²) in [5.74, 6) is 0.425. The SMILES string of the molecule is COc1cccc(CNC(=O)N2CCN(c3ccncc3F)C(C)C2)c1. The summed E-state index contributed by atoms with van der Waals surface area (Å²) < 4.78 is 19.2. The van der Waals surface area contributed by atoms with E-state index in [1.54, 1.807) is 24.3 Å². The first-order valence-electron chi connectivity index (χ1n) is 8.60. The van der Waals surface area contributed by atoms with Crippen molar-refractivity contribution >= 4 is 11.7 Å². The number of methoxy groups -OCH3 is 1. The molecule has 1 aliphatic rings. The van der Waals surface area contributed by atoms with Crippen molar-refractivity contribution in [3.63, 3.8) is 0 Å². The number of amides is 2. The normalized spacial score (nSPS) is 17.1. The Morgan fingerprint density at radius 3 is 2.96 bits per heavy atom. The van der Waals surface area contributed by atoms with Gasteiger partial charge in [0.25, 0.3) is 0 Å². The third kappa shape index (κ3) is 4.04. The topological polar surface area (TPSA) is 57.7 Å². The fraction of sp³-hybridized carbons (Fsp3) is 0.368. The zero-order valence-electron chi connectivity index (χ0n) is 15.0. The van der Waals surface area contributed by atoms with Crippen molar-refractivity contribution in [2.75, 3.05) is 31.6 Å². The molecule has 0 radical (unpaired) electrons. The Kier molecular flexibility index (Phi) is 5.55. The summed E-state index contributed by atoms with van der Waals surface area (Å²) in [6.45, 7) is 4.07. The molecule has 1 saturated heterocycles. The number of carbonyl (C=O) groups is 1. The Bertz CT molecular complexity index is 771. The predicted molar refractivity (Wildman–Crippen MR) is 97.8 cm³/mol. The minimum absolute atomic E-state index is 0.0169. The van der Waals surface area contributed by atoms with Gasteiger partial charge in [0.05, 0.1) is 19.0 Å². The van der Waals surface area contributed by atoms with Gasteiger partial charge in [0.2, 0.25) is 0 Å². The molecule has 0 bridgehead atoms. The van der Waals surface area contributed by atoms with Gasteiger partial charge in [-0.3, -0.25) is 4.98 Å². The standard InChI is InChI=1S/C19H23FN4O2/c1-14-13-23(8-9-24(14)18-6-7-21-12-17(18)20)19(25)22-11-15-4-3-5-16(10-15)26-2/h3-7,10,12,14H,8-9,11,13H2,1-2H3,(H,22,25). The van der Waals surface area contributed by atoms with Crippen LogP contribution in [0.4, 0.5) is 14.9 Å². The molecule has 2 amide bonds. The van der Waals surface area contributed by atoms with Gasteiger partial charge in [-0.05, 0) is 30.7 Å². The molecular formula is C19H23FN4O2. The number of benzene rings is 1. The summed E-state index contributed by atoms with van der Waals surface area (Å²) in [6.07, 6.45) is 2.80. The molecule has 0 aliphatic carbocycles. The smallest absolute Gasteiger partial charge is 0.317 e. The maximum atomic E-state index is 14.0. The van der Waals surface area contributed by atoms with Gasteiger partial charge in [-0.15, -0.1) is 0 Å². The summed E-state index contributed by atoms with van der Waals surface area (Å²) in [5.41, 5.74) is 1.51. The maximum Gasteiger partial charge on any atom is 0.317 e. The summed E-state index contributed by atoms with van der Waals surface area (Å²) in [5, 5.41) is 2.94. The molecule has 2 aromatic rings. The number of ether oxygens (including phenoxy) is 1. The van der Waals surface area contributed by atoms with E-state index in [1.165, 1.54) is 6.20 Å². The Morgan fingerprint density at radius 2 is 2.23 bits per heavy atom. The van der Waals surface area contributed by atoms with Crippen molar-refractivity contribution in [2.24, 2.45) is 0 Å². The van der Waals surface area contributed by atoms with E-state index >= 15 is 0 Å². The third-order valence-electron chi connectivity index (χ3n) is 4.55. The first-order chi connectivity index (χ1) is 12.6. The predicted octanol–water partition coefficient (Wildman–Crippen LogP) is 2.65. The van der Waals surface area contributed by atoms with Crippen molar-refractivity contribution in [3.8, 4) is 5.75 Å². The number of hydrogen-bond acceptors (Lipinski definition) is 4. The number of halogens is 1. The van der Waals surface area contributed by atoms with E-state index in [-0.39, 0.29) is 17.9 Å². The van der Waals surface area contributed by atoms with Crippen molar-refractivity contribution in [1.82, 2.24) is 15.2 Å². The average molecular weight is 358 g/mol. The van der Waals surface area contributed by atoms with Gasteiger partial charge in [0.15, 0.2) is 5.82 Å². The summed E-state index contributed by atoms with van der Waals surface area (Å²) >= 11 is 0. The minimum Gasteiger partial charge on any atom is -0.497 e. The minimum atomic E-state index is -0.338. The number of hydrogen-bond donors (Lipinski definition) is 1. The molecule has 1 fully saturated rings. The zero-order valence-corrected chi connectivity index (χ0v) is 15.0. The number of piperazine rings is 1. The van der Waals surface area contributed by atoms with Gasteiger partial charge < -0.3 is 19.9 Å². The third-order valence-corrected chi connectivity index (χ3v) is 4.55. The van der Waals surface area contributed by atoms with E-state index in [1.807, 2.05) is 36.1 Å². The van der Waals surface area contributed by atoms with Crippen LogP contribution in [0.1, 0.15) is 12.5 Å². The maximum absolute atomic E-state index is 14.0.